The van der Waals surface area contributed by atoms with Crippen molar-refractivity contribution < 1.29 is 22.7 Å². The largest absolute Gasteiger partial charge is 0.497 e. The van der Waals surface area contributed by atoms with E-state index in [1.807, 2.05) is 0 Å². The van der Waals surface area contributed by atoms with Gasteiger partial charge in [0.15, 0.2) is 0 Å². The SMILES string of the molecule is COc1cc(NC(=O)C2CCN(S(=O)(=O)c3cccnc3)CC2)cc(OC)c1. The van der Waals surface area contributed by atoms with Crippen molar-refractivity contribution in [1.82, 2.24) is 9.29 Å². The Kier molecular flexibility index (Phi) is 6.15. The van der Waals surface area contributed by atoms with Gasteiger partial charge in [-0.2, -0.15) is 4.31 Å². The molecule has 0 radical (unpaired) electrons. The zero-order chi connectivity index (χ0) is 20.1. The maximum atomic E-state index is 12.7. The maximum absolute atomic E-state index is 12.7. The number of anilines is 1. The first-order chi connectivity index (χ1) is 13.4. The van der Waals surface area contributed by atoms with Crippen LogP contribution >= 0.6 is 0 Å². The van der Waals surface area contributed by atoms with Crippen molar-refractivity contribution in [1.29, 1.82) is 0 Å². The second-order valence-corrected chi connectivity index (χ2v) is 8.40. The van der Waals surface area contributed by atoms with Gasteiger partial charge in [-0.25, -0.2) is 8.42 Å². The summed E-state index contributed by atoms with van der Waals surface area (Å²) in [5.74, 6) is 0.741. The van der Waals surface area contributed by atoms with E-state index in [9.17, 15) is 13.2 Å². The minimum atomic E-state index is -3.58. The van der Waals surface area contributed by atoms with Gasteiger partial charge in [0.05, 0.1) is 14.2 Å². The first kappa shape index (κ1) is 20.1. The first-order valence-corrected chi connectivity index (χ1v) is 10.3. The van der Waals surface area contributed by atoms with Crippen LogP contribution < -0.4 is 14.8 Å². The fourth-order valence-corrected chi connectivity index (χ4v) is 4.57. The lowest BCUT2D eigenvalue weighted by atomic mass is 9.97. The molecule has 2 aromatic rings. The molecule has 1 aromatic carbocycles. The summed E-state index contributed by atoms with van der Waals surface area (Å²) in [6.45, 7) is 0.577. The Labute approximate surface area is 164 Å². The Bertz CT molecular complexity index is 904. The van der Waals surface area contributed by atoms with Crippen LogP contribution in [0.1, 0.15) is 12.8 Å². The second-order valence-electron chi connectivity index (χ2n) is 6.46. The minimum absolute atomic E-state index is 0.145. The van der Waals surface area contributed by atoms with E-state index >= 15 is 0 Å². The van der Waals surface area contributed by atoms with Crippen LogP contribution in [0.2, 0.25) is 0 Å². The molecule has 1 amide bonds. The number of carbonyl (C=O) groups excluding carboxylic acids is 1. The third kappa shape index (κ3) is 4.42. The van der Waals surface area contributed by atoms with E-state index in [1.165, 1.54) is 22.8 Å². The van der Waals surface area contributed by atoms with Crippen molar-refractivity contribution in [3.63, 3.8) is 0 Å². The van der Waals surface area contributed by atoms with E-state index in [1.54, 1.807) is 38.5 Å². The molecule has 3 rings (SSSR count). The van der Waals surface area contributed by atoms with Gasteiger partial charge >= 0.3 is 0 Å². The lowest BCUT2D eigenvalue weighted by Crippen LogP contribution is -2.41. The molecular formula is C19H23N3O5S. The fourth-order valence-electron chi connectivity index (χ4n) is 3.13. The summed E-state index contributed by atoms with van der Waals surface area (Å²) in [6, 6.07) is 8.26. The van der Waals surface area contributed by atoms with Gasteiger partial charge in [-0.15, -0.1) is 0 Å². The van der Waals surface area contributed by atoms with E-state index < -0.39 is 10.0 Å². The highest BCUT2D eigenvalue weighted by molar-refractivity contribution is 7.89. The Hall–Kier alpha value is -2.65. The van der Waals surface area contributed by atoms with Crippen LogP contribution in [-0.4, -0.2) is 50.9 Å². The zero-order valence-corrected chi connectivity index (χ0v) is 16.6. The van der Waals surface area contributed by atoms with Crippen LogP contribution in [0.4, 0.5) is 5.69 Å². The molecule has 1 N–H and O–H groups in total. The predicted octanol–water partition coefficient (Wildman–Crippen LogP) is 2.14. The summed E-state index contributed by atoms with van der Waals surface area (Å²) in [4.78, 5) is 16.7. The molecule has 150 valence electrons. The van der Waals surface area contributed by atoms with Gasteiger partial charge < -0.3 is 14.8 Å². The maximum Gasteiger partial charge on any atom is 0.244 e. The van der Waals surface area contributed by atoms with Crippen LogP contribution in [0.3, 0.4) is 0 Å². The van der Waals surface area contributed by atoms with Crippen molar-refractivity contribution in [3.05, 3.63) is 42.7 Å². The third-order valence-electron chi connectivity index (χ3n) is 4.72. The van der Waals surface area contributed by atoms with Crippen molar-refractivity contribution in [2.45, 2.75) is 17.7 Å². The molecule has 0 aliphatic carbocycles. The van der Waals surface area contributed by atoms with Gasteiger partial charge in [-0.3, -0.25) is 9.78 Å². The number of sulfonamides is 1. The molecule has 0 unspecified atom stereocenters. The molecular weight excluding hydrogens is 382 g/mol. The summed E-state index contributed by atoms with van der Waals surface area (Å²) in [5, 5.41) is 2.87. The summed E-state index contributed by atoms with van der Waals surface area (Å²) >= 11 is 0. The second kappa shape index (κ2) is 8.57. The molecule has 0 saturated carbocycles. The predicted molar refractivity (Wildman–Crippen MR) is 104 cm³/mol. The molecule has 28 heavy (non-hydrogen) atoms. The highest BCUT2D eigenvalue weighted by Crippen LogP contribution is 2.28. The Balaban J connectivity index is 1.63. The van der Waals surface area contributed by atoms with Crippen molar-refractivity contribution in [2.75, 3.05) is 32.6 Å². The number of hydrogen-bond donors (Lipinski definition) is 1. The number of carbonyl (C=O) groups is 1. The number of amides is 1. The number of aromatic nitrogens is 1. The number of ether oxygens (including phenoxy) is 2. The lowest BCUT2D eigenvalue weighted by molar-refractivity contribution is -0.120. The average Bonchev–Trinajstić information content (AvgIpc) is 2.74. The van der Waals surface area contributed by atoms with E-state index in [0.717, 1.165) is 0 Å². The molecule has 1 fully saturated rings. The molecule has 1 aromatic heterocycles. The molecule has 0 bridgehead atoms. The van der Waals surface area contributed by atoms with Crippen LogP contribution in [0, 0.1) is 5.92 Å². The molecule has 1 saturated heterocycles. The van der Waals surface area contributed by atoms with Crippen LogP contribution in [0.5, 0.6) is 11.5 Å². The monoisotopic (exact) mass is 405 g/mol. The lowest BCUT2D eigenvalue weighted by Gasteiger charge is -2.30. The zero-order valence-electron chi connectivity index (χ0n) is 15.8. The fraction of sp³-hybridized carbons (Fsp3) is 0.368. The number of nitrogens with zero attached hydrogens (tertiary/aromatic N) is 2. The van der Waals surface area contributed by atoms with Gasteiger partial charge in [-0.05, 0) is 25.0 Å². The molecule has 0 atom stereocenters. The van der Waals surface area contributed by atoms with E-state index in [-0.39, 0.29) is 29.8 Å². The Morgan fingerprint density at radius 2 is 1.79 bits per heavy atom. The number of pyridine rings is 1. The minimum Gasteiger partial charge on any atom is -0.497 e. The average molecular weight is 405 g/mol. The van der Waals surface area contributed by atoms with Crippen molar-refractivity contribution >= 4 is 21.6 Å². The van der Waals surface area contributed by atoms with Crippen LogP contribution in [-0.2, 0) is 14.8 Å². The van der Waals surface area contributed by atoms with Gasteiger partial charge in [0.25, 0.3) is 0 Å². The van der Waals surface area contributed by atoms with Gasteiger partial charge in [0.1, 0.15) is 16.4 Å². The number of nitrogens with one attached hydrogen (secondary N) is 1. The molecule has 8 nitrogen and oxygen atoms in total. The summed E-state index contributed by atoms with van der Waals surface area (Å²) in [7, 11) is -0.501. The van der Waals surface area contributed by atoms with Gasteiger partial charge in [0, 0.05) is 55.3 Å². The van der Waals surface area contributed by atoms with Crippen molar-refractivity contribution in [3.8, 4) is 11.5 Å². The smallest absolute Gasteiger partial charge is 0.244 e. The van der Waals surface area contributed by atoms with Gasteiger partial charge in [-0.1, -0.05) is 0 Å². The summed E-state index contributed by atoms with van der Waals surface area (Å²) < 4.78 is 37.1. The Morgan fingerprint density at radius 3 is 2.32 bits per heavy atom. The number of methoxy groups -OCH3 is 2. The van der Waals surface area contributed by atoms with E-state index in [0.29, 0.717) is 30.0 Å². The highest BCUT2D eigenvalue weighted by Gasteiger charge is 2.32. The standard InChI is InChI=1S/C19H23N3O5S/c1-26-16-10-15(11-17(12-16)27-2)21-19(23)14-5-8-22(9-6-14)28(24,25)18-4-3-7-20-13-18/h3-4,7,10-14H,5-6,8-9H2,1-2H3,(H,21,23). The van der Waals surface area contributed by atoms with E-state index in [4.69, 9.17) is 9.47 Å². The summed E-state index contributed by atoms with van der Waals surface area (Å²) in [6.07, 6.45) is 3.77. The van der Waals surface area contributed by atoms with Crippen LogP contribution in [0.25, 0.3) is 0 Å². The molecule has 0 spiro atoms. The molecule has 2 heterocycles. The van der Waals surface area contributed by atoms with Crippen molar-refractivity contribution in [2.24, 2.45) is 5.92 Å². The number of rotatable bonds is 6. The van der Waals surface area contributed by atoms with Crippen LogP contribution in [0.15, 0.2) is 47.6 Å². The van der Waals surface area contributed by atoms with E-state index in [2.05, 4.69) is 10.3 Å². The molecule has 1 aliphatic rings. The van der Waals surface area contributed by atoms with Gasteiger partial charge in [0.2, 0.25) is 15.9 Å². The number of piperidine rings is 1. The molecule has 9 heteroatoms. The highest BCUT2D eigenvalue weighted by atomic mass is 32.2. The normalized spacial score (nSPS) is 15.8. The molecule has 1 aliphatic heterocycles. The third-order valence-corrected chi connectivity index (χ3v) is 6.60. The first-order valence-electron chi connectivity index (χ1n) is 8.88. The number of benzene rings is 1. The summed E-state index contributed by atoms with van der Waals surface area (Å²) in [5.41, 5.74) is 0.576. The topological polar surface area (TPSA) is 97.8 Å². The Morgan fingerprint density at radius 1 is 1.14 bits per heavy atom. The number of hydrogen-bond acceptors (Lipinski definition) is 6. The quantitative estimate of drug-likeness (QED) is 0.791.